The van der Waals surface area contributed by atoms with Gasteiger partial charge in [0.1, 0.15) is 17.2 Å². The molecular formula is C22H27N7O3. The minimum Gasteiger partial charge on any atom is -0.376 e. The number of hydrogen-bond acceptors (Lipinski definition) is 7. The molecule has 168 valence electrons. The predicted molar refractivity (Wildman–Crippen MR) is 120 cm³/mol. The van der Waals surface area contributed by atoms with E-state index in [1.807, 2.05) is 19.2 Å². The predicted octanol–water partition coefficient (Wildman–Crippen LogP) is 1.56. The van der Waals surface area contributed by atoms with Gasteiger partial charge in [0.05, 0.1) is 18.3 Å². The Hall–Kier alpha value is -3.24. The number of rotatable bonds is 5. The van der Waals surface area contributed by atoms with Gasteiger partial charge in [0, 0.05) is 32.3 Å². The van der Waals surface area contributed by atoms with Gasteiger partial charge in [-0.3, -0.25) is 20.3 Å². The monoisotopic (exact) mass is 437 g/mol. The van der Waals surface area contributed by atoms with Crippen molar-refractivity contribution in [1.82, 2.24) is 20.6 Å². The maximum absolute atomic E-state index is 13.4. The molecule has 2 saturated heterocycles. The number of urea groups is 1. The number of nitrogens with zero attached hydrogens (tertiary/aromatic N) is 4. The highest BCUT2D eigenvalue weighted by molar-refractivity contribution is 6.05. The van der Waals surface area contributed by atoms with Gasteiger partial charge in [-0.25, -0.2) is 14.8 Å². The summed E-state index contributed by atoms with van der Waals surface area (Å²) in [5.74, 6) is 0.636. The lowest BCUT2D eigenvalue weighted by Gasteiger charge is -2.44. The van der Waals surface area contributed by atoms with Crippen LogP contribution in [0.15, 0.2) is 36.5 Å². The molecule has 10 nitrogen and oxygen atoms in total. The molecule has 5 rings (SSSR count). The van der Waals surface area contributed by atoms with Crippen molar-refractivity contribution >= 4 is 29.3 Å². The Morgan fingerprint density at radius 1 is 1.28 bits per heavy atom. The second kappa shape index (κ2) is 8.36. The van der Waals surface area contributed by atoms with Gasteiger partial charge < -0.3 is 15.0 Å². The maximum Gasteiger partial charge on any atom is 0.330 e. The summed E-state index contributed by atoms with van der Waals surface area (Å²) in [6, 6.07) is 8.58. The third kappa shape index (κ3) is 3.65. The summed E-state index contributed by atoms with van der Waals surface area (Å²) in [6.45, 7) is 2.61. The Morgan fingerprint density at radius 2 is 2.19 bits per heavy atom. The van der Waals surface area contributed by atoms with Crippen molar-refractivity contribution in [2.75, 3.05) is 48.4 Å². The Kier molecular flexibility index (Phi) is 5.40. The van der Waals surface area contributed by atoms with E-state index in [0.717, 1.165) is 38.1 Å². The molecule has 32 heavy (non-hydrogen) atoms. The van der Waals surface area contributed by atoms with E-state index in [2.05, 4.69) is 30.8 Å². The number of anilines is 3. The van der Waals surface area contributed by atoms with Crippen LogP contribution in [-0.2, 0) is 4.74 Å². The number of carbonyl (C=O) groups excluding carboxylic acids is 2. The first-order valence-electron chi connectivity index (χ1n) is 11.0. The van der Waals surface area contributed by atoms with Crippen LogP contribution in [0.3, 0.4) is 0 Å². The van der Waals surface area contributed by atoms with E-state index in [1.54, 1.807) is 29.3 Å². The standard InChI is InChI=1S/C22H27N7O3/c1-23-22-9-11-28(14-22)17-8-7-16(20(30)25-13-15-5-4-12-32-15)26-19(17)29(22)21(31)27-18-6-2-3-10-24-18/h2-3,6-8,10,15,23H,4-5,9,11-14H2,1H3,(H,25,30)(H,24,27,31)/t15-,22-/m0/s1. The number of hydrogen-bond donors (Lipinski definition) is 3. The minimum atomic E-state index is -0.619. The summed E-state index contributed by atoms with van der Waals surface area (Å²) >= 11 is 0. The molecule has 3 aliphatic rings. The van der Waals surface area contributed by atoms with Gasteiger partial charge in [-0.05, 0) is 44.2 Å². The molecule has 0 spiro atoms. The highest BCUT2D eigenvalue weighted by Crippen LogP contribution is 2.43. The van der Waals surface area contributed by atoms with Crippen LogP contribution in [0, 0.1) is 0 Å². The van der Waals surface area contributed by atoms with Crippen LogP contribution in [0.4, 0.5) is 22.1 Å². The van der Waals surface area contributed by atoms with Gasteiger partial charge in [-0.1, -0.05) is 6.07 Å². The van der Waals surface area contributed by atoms with Crippen LogP contribution in [0.25, 0.3) is 0 Å². The molecule has 3 N–H and O–H groups in total. The lowest BCUT2D eigenvalue weighted by atomic mass is 10.1. The fraction of sp³-hybridized carbons (Fsp3) is 0.455. The number of nitrogens with one attached hydrogen (secondary N) is 3. The molecule has 0 aromatic carbocycles. The third-order valence-corrected chi connectivity index (χ3v) is 6.40. The summed E-state index contributed by atoms with van der Waals surface area (Å²) in [4.78, 5) is 38.9. The molecule has 5 heterocycles. The zero-order valence-corrected chi connectivity index (χ0v) is 18.0. The Bertz CT molecular complexity index is 1010. The molecule has 3 aliphatic heterocycles. The number of pyridine rings is 2. The quantitative estimate of drug-likeness (QED) is 0.651. The van der Waals surface area contributed by atoms with Gasteiger partial charge in [-0.15, -0.1) is 0 Å². The van der Waals surface area contributed by atoms with E-state index in [4.69, 9.17) is 4.74 Å². The van der Waals surface area contributed by atoms with E-state index >= 15 is 0 Å². The third-order valence-electron chi connectivity index (χ3n) is 6.40. The number of fused-ring (bicyclic) bond motifs is 4. The van der Waals surface area contributed by atoms with E-state index in [1.165, 1.54) is 0 Å². The van der Waals surface area contributed by atoms with E-state index in [9.17, 15) is 9.59 Å². The van der Waals surface area contributed by atoms with Crippen LogP contribution in [-0.4, -0.2) is 67.0 Å². The van der Waals surface area contributed by atoms with Crippen LogP contribution in [0.5, 0.6) is 0 Å². The van der Waals surface area contributed by atoms with E-state index in [-0.39, 0.29) is 23.7 Å². The highest BCUT2D eigenvalue weighted by atomic mass is 16.5. The van der Waals surface area contributed by atoms with Crippen molar-refractivity contribution in [3.05, 3.63) is 42.2 Å². The molecule has 10 heteroatoms. The van der Waals surface area contributed by atoms with Crippen molar-refractivity contribution in [3.63, 3.8) is 0 Å². The number of ether oxygens (including phenoxy) is 1. The van der Waals surface area contributed by atoms with Crippen molar-refractivity contribution < 1.29 is 14.3 Å². The van der Waals surface area contributed by atoms with E-state index in [0.29, 0.717) is 24.7 Å². The number of likely N-dealkylation sites (N-methyl/N-ethyl adjacent to an activating group) is 1. The van der Waals surface area contributed by atoms with Gasteiger partial charge in [0.15, 0.2) is 5.82 Å². The fourth-order valence-corrected chi connectivity index (χ4v) is 4.67. The number of aromatic nitrogens is 2. The molecule has 2 aromatic heterocycles. The lowest BCUT2D eigenvalue weighted by molar-refractivity contribution is 0.0853. The first kappa shape index (κ1) is 20.7. The van der Waals surface area contributed by atoms with Crippen LogP contribution >= 0.6 is 0 Å². The van der Waals surface area contributed by atoms with Gasteiger partial charge in [0.2, 0.25) is 0 Å². The highest BCUT2D eigenvalue weighted by Gasteiger charge is 2.51. The zero-order chi connectivity index (χ0) is 22.1. The van der Waals surface area contributed by atoms with Crippen molar-refractivity contribution in [3.8, 4) is 0 Å². The summed E-state index contributed by atoms with van der Waals surface area (Å²) < 4.78 is 5.58. The molecule has 2 atom stereocenters. The molecule has 2 aromatic rings. The zero-order valence-electron chi connectivity index (χ0n) is 18.0. The first-order chi connectivity index (χ1) is 15.6. The summed E-state index contributed by atoms with van der Waals surface area (Å²) in [6.07, 6.45) is 4.36. The minimum absolute atomic E-state index is 0.0479. The van der Waals surface area contributed by atoms with Crippen LogP contribution < -0.4 is 25.8 Å². The molecule has 0 unspecified atom stereocenters. The molecule has 2 fully saturated rings. The molecular weight excluding hydrogens is 410 g/mol. The fourth-order valence-electron chi connectivity index (χ4n) is 4.67. The SMILES string of the molecule is CN[C@]12CCN(C1)c1ccc(C(=O)NC[C@@H]3CCCO3)nc1N2C(=O)Nc1ccccn1. The lowest BCUT2D eigenvalue weighted by Crippen LogP contribution is -2.65. The summed E-state index contributed by atoms with van der Waals surface area (Å²) in [7, 11) is 1.84. The van der Waals surface area contributed by atoms with Gasteiger partial charge in [0.25, 0.3) is 5.91 Å². The smallest absolute Gasteiger partial charge is 0.330 e. The van der Waals surface area contributed by atoms with Crippen molar-refractivity contribution in [2.45, 2.75) is 31.0 Å². The average molecular weight is 438 g/mol. The average Bonchev–Trinajstić information content (AvgIpc) is 3.47. The molecule has 0 radical (unpaired) electrons. The first-order valence-corrected chi connectivity index (χ1v) is 11.0. The second-order valence-electron chi connectivity index (χ2n) is 8.32. The second-order valence-corrected chi connectivity index (χ2v) is 8.32. The molecule has 0 saturated carbocycles. The number of amides is 3. The summed E-state index contributed by atoms with van der Waals surface area (Å²) in [5, 5.41) is 9.10. The molecule has 3 amide bonds. The van der Waals surface area contributed by atoms with Gasteiger partial charge in [-0.2, -0.15) is 0 Å². The molecule has 0 aliphatic carbocycles. The normalized spacial score (nSPS) is 23.7. The summed E-state index contributed by atoms with van der Waals surface area (Å²) in [5.41, 5.74) is 0.484. The Balaban J connectivity index is 1.44. The Labute approximate surface area is 186 Å². The number of carbonyl (C=O) groups is 2. The van der Waals surface area contributed by atoms with E-state index < -0.39 is 5.66 Å². The van der Waals surface area contributed by atoms with Crippen LogP contribution in [0.1, 0.15) is 29.8 Å². The maximum atomic E-state index is 13.4. The van der Waals surface area contributed by atoms with Crippen molar-refractivity contribution in [1.29, 1.82) is 0 Å². The largest absolute Gasteiger partial charge is 0.376 e. The van der Waals surface area contributed by atoms with Crippen molar-refractivity contribution in [2.24, 2.45) is 0 Å². The molecule has 2 bridgehead atoms. The topological polar surface area (TPSA) is 112 Å². The van der Waals surface area contributed by atoms with Crippen LogP contribution in [0.2, 0.25) is 0 Å². The van der Waals surface area contributed by atoms with Gasteiger partial charge >= 0.3 is 6.03 Å². The Morgan fingerprint density at radius 3 is 2.94 bits per heavy atom.